The van der Waals surface area contributed by atoms with Crippen molar-refractivity contribution < 1.29 is 20.4 Å². The highest BCUT2D eigenvalue weighted by Gasteiger charge is 2.26. The molecule has 0 saturated heterocycles. The van der Waals surface area contributed by atoms with E-state index < -0.39 is 0 Å². The summed E-state index contributed by atoms with van der Waals surface area (Å²) >= 11 is 0. The lowest BCUT2D eigenvalue weighted by Gasteiger charge is -2.26. The maximum absolute atomic E-state index is 11.9. The SMILES string of the molecule is C/C(=C\C1=C(\O)CCc2cc(C(C)(C)C)cc(c2O)Cc2cc(C(C)(C)C)cc(c2O)Cc2cc(C(C)(C)C)cc(c2O)C1)C(C)(C)C. The third kappa shape index (κ3) is 8.31. The van der Waals surface area contributed by atoms with Crippen molar-refractivity contribution in [3.05, 3.63) is 109 Å². The van der Waals surface area contributed by atoms with Gasteiger partial charge in [-0.15, -0.1) is 0 Å². The molecule has 1 aliphatic carbocycles. The zero-order valence-electron chi connectivity index (χ0n) is 31.9. The number of phenols is 3. The van der Waals surface area contributed by atoms with Crippen molar-refractivity contribution in [2.24, 2.45) is 5.41 Å². The number of allylic oxidation sites excluding steroid dienone is 4. The molecule has 4 rings (SSSR count). The first kappa shape index (κ1) is 37.2. The van der Waals surface area contributed by atoms with Crippen LogP contribution in [0.5, 0.6) is 17.2 Å². The highest BCUT2D eigenvalue weighted by Crippen LogP contribution is 2.41. The van der Waals surface area contributed by atoms with E-state index in [-0.39, 0.29) is 44.7 Å². The lowest BCUT2D eigenvalue weighted by molar-refractivity contribution is 0.379. The molecular formula is C44H60O4. The van der Waals surface area contributed by atoms with Gasteiger partial charge in [0.1, 0.15) is 17.2 Å². The fraction of sp³-hybridized carbons (Fsp3) is 0.500. The Morgan fingerprint density at radius 3 is 1.12 bits per heavy atom. The van der Waals surface area contributed by atoms with Crippen LogP contribution in [0.1, 0.15) is 147 Å². The zero-order chi connectivity index (χ0) is 36.1. The summed E-state index contributed by atoms with van der Waals surface area (Å²) in [5.74, 6) is 0.863. The molecule has 4 heteroatoms. The number of aliphatic hydroxyl groups is 1. The van der Waals surface area contributed by atoms with Gasteiger partial charge in [-0.3, -0.25) is 0 Å². The molecule has 0 unspecified atom stereocenters. The van der Waals surface area contributed by atoms with Crippen LogP contribution in [0, 0.1) is 5.41 Å². The molecular weight excluding hydrogens is 592 g/mol. The van der Waals surface area contributed by atoms with Crippen molar-refractivity contribution in [2.75, 3.05) is 0 Å². The minimum Gasteiger partial charge on any atom is -0.512 e. The van der Waals surface area contributed by atoms with Gasteiger partial charge in [0.25, 0.3) is 0 Å². The standard InChI is InChI=1S/C44H60O4/c1-26(41(2,3)4)16-28-17-29-21-35(43(8,9)10)24-32(39(29)47)19-33-25-36(44(11,12)13)23-31(40(33)48)18-30-22-34(42(5,6)7)20-27(38(30)46)14-15-37(28)45/h16,20-25,45-48H,14-15,17-19H2,1-13H3/b26-16+,37-28-. The number of benzene rings is 3. The maximum atomic E-state index is 11.9. The second kappa shape index (κ2) is 13.0. The number of aromatic hydroxyl groups is 3. The Morgan fingerprint density at radius 2 is 0.792 bits per heavy atom. The molecule has 3 aromatic rings. The van der Waals surface area contributed by atoms with Crippen molar-refractivity contribution >= 4 is 0 Å². The largest absolute Gasteiger partial charge is 0.512 e. The Kier molecular flexibility index (Phi) is 10.1. The van der Waals surface area contributed by atoms with E-state index in [1.54, 1.807) is 0 Å². The molecule has 0 amide bonds. The van der Waals surface area contributed by atoms with Crippen molar-refractivity contribution in [3.63, 3.8) is 0 Å². The van der Waals surface area contributed by atoms with Gasteiger partial charge in [-0.1, -0.05) is 131 Å². The number of aliphatic hydroxyl groups excluding tert-OH is 1. The van der Waals surface area contributed by atoms with Gasteiger partial charge in [-0.25, -0.2) is 0 Å². The number of hydrogen-bond donors (Lipinski definition) is 4. The lowest BCUT2D eigenvalue weighted by Crippen LogP contribution is -2.15. The smallest absolute Gasteiger partial charge is 0.122 e. The molecule has 0 spiro atoms. The molecule has 3 aromatic carbocycles. The first-order valence-electron chi connectivity index (χ1n) is 17.5. The number of hydrogen-bond acceptors (Lipinski definition) is 4. The Bertz CT molecular complexity index is 1760. The van der Waals surface area contributed by atoms with Crippen LogP contribution in [0.3, 0.4) is 0 Å². The van der Waals surface area contributed by atoms with Crippen LogP contribution in [-0.2, 0) is 41.9 Å². The van der Waals surface area contributed by atoms with E-state index in [0.29, 0.717) is 32.1 Å². The molecule has 4 N–H and O–H groups in total. The fourth-order valence-electron chi connectivity index (χ4n) is 6.19. The monoisotopic (exact) mass is 652 g/mol. The summed E-state index contributed by atoms with van der Waals surface area (Å²) in [5.41, 5.74) is 9.01. The van der Waals surface area contributed by atoms with Gasteiger partial charge < -0.3 is 20.4 Å². The van der Waals surface area contributed by atoms with Crippen molar-refractivity contribution in [2.45, 2.75) is 138 Å². The normalized spacial score (nSPS) is 17.1. The van der Waals surface area contributed by atoms with Gasteiger partial charge in [0.05, 0.1) is 5.76 Å². The number of aryl methyl sites for hydroxylation is 1. The number of rotatable bonds is 1. The van der Waals surface area contributed by atoms with Crippen LogP contribution >= 0.6 is 0 Å². The van der Waals surface area contributed by atoms with E-state index in [1.807, 2.05) is 0 Å². The van der Waals surface area contributed by atoms with Crippen molar-refractivity contribution in [1.29, 1.82) is 0 Å². The Hall–Kier alpha value is -3.66. The molecule has 6 bridgehead atoms. The predicted molar refractivity (Wildman–Crippen MR) is 201 cm³/mol. The first-order valence-corrected chi connectivity index (χ1v) is 17.5. The maximum Gasteiger partial charge on any atom is 0.122 e. The van der Waals surface area contributed by atoms with E-state index >= 15 is 0 Å². The molecule has 0 atom stereocenters. The zero-order valence-corrected chi connectivity index (χ0v) is 31.9. The Balaban J connectivity index is 2.10. The topological polar surface area (TPSA) is 80.9 Å². The van der Waals surface area contributed by atoms with E-state index in [9.17, 15) is 20.4 Å². The van der Waals surface area contributed by atoms with Crippen LogP contribution in [0.2, 0.25) is 0 Å². The lowest BCUT2D eigenvalue weighted by atomic mass is 9.80. The average molecular weight is 653 g/mol. The van der Waals surface area contributed by atoms with Crippen LogP contribution in [0.15, 0.2) is 59.4 Å². The van der Waals surface area contributed by atoms with Crippen molar-refractivity contribution in [3.8, 4) is 17.2 Å². The quantitative estimate of drug-likeness (QED) is 0.211. The average Bonchev–Trinajstić information content (AvgIpc) is 2.93. The minimum absolute atomic E-state index is 0.107. The summed E-state index contributed by atoms with van der Waals surface area (Å²) in [7, 11) is 0. The van der Waals surface area contributed by atoms with Crippen LogP contribution in [0.25, 0.3) is 0 Å². The van der Waals surface area contributed by atoms with Gasteiger partial charge >= 0.3 is 0 Å². The van der Waals surface area contributed by atoms with E-state index in [2.05, 4.69) is 132 Å². The molecule has 0 fully saturated rings. The molecule has 0 aliphatic heterocycles. The highest BCUT2D eigenvalue weighted by atomic mass is 16.3. The Morgan fingerprint density at radius 1 is 0.479 bits per heavy atom. The first-order chi connectivity index (χ1) is 21.9. The molecule has 0 aromatic heterocycles. The second-order valence-corrected chi connectivity index (χ2v) is 18.3. The van der Waals surface area contributed by atoms with Gasteiger partial charge in [-0.05, 0) is 90.6 Å². The molecule has 0 heterocycles. The summed E-state index contributed by atoms with van der Waals surface area (Å²) in [6.07, 6.45) is 3.89. The summed E-state index contributed by atoms with van der Waals surface area (Å²) in [6.45, 7) is 28.0. The Labute approximate surface area is 290 Å². The molecule has 0 saturated carbocycles. The summed E-state index contributed by atoms with van der Waals surface area (Å²) in [6, 6.07) is 12.4. The van der Waals surface area contributed by atoms with Gasteiger partial charge in [-0.2, -0.15) is 0 Å². The van der Waals surface area contributed by atoms with Crippen LogP contribution in [0.4, 0.5) is 0 Å². The third-order valence-corrected chi connectivity index (χ3v) is 10.1. The number of fused-ring (bicyclic) bond motifs is 6. The summed E-state index contributed by atoms with van der Waals surface area (Å²) in [5, 5.41) is 47.3. The van der Waals surface area contributed by atoms with E-state index in [1.165, 1.54) is 0 Å². The van der Waals surface area contributed by atoms with Crippen LogP contribution < -0.4 is 0 Å². The number of phenolic OH excluding ortho intramolecular Hbond substituents is 3. The van der Waals surface area contributed by atoms with Gasteiger partial charge in [0, 0.05) is 25.7 Å². The van der Waals surface area contributed by atoms with E-state index in [4.69, 9.17) is 0 Å². The van der Waals surface area contributed by atoms with Crippen molar-refractivity contribution in [1.82, 2.24) is 0 Å². The van der Waals surface area contributed by atoms with Gasteiger partial charge in [0.2, 0.25) is 0 Å². The molecule has 0 radical (unpaired) electrons. The second-order valence-electron chi connectivity index (χ2n) is 18.3. The minimum atomic E-state index is -0.188. The molecule has 48 heavy (non-hydrogen) atoms. The van der Waals surface area contributed by atoms with Gasteiger partial charge in [0.15, 0.2) is 0 Å². The van der Waals surface area contributed by atoms with Crippen LogP contribution in [-0.4, -0.2) is 20.4 Å². The molecule has 4 nitrogen and oxygen atoms in total. The predicted octanol–water partition coefficient (Wildman–Crippen LogP) is 11.2. The summed E-state index contributed by atoms with van der Waals surface area (Å²) < 4.78 is 0. The molecule has 260 valence electrons. The molecule has 1 aliphatic rings. The van der Waals surface area contributed by atoms with E-state index in [0.717, 1.165) is 61.2 Å². The fourth-order valence-corrected chi connectivity index (χ4v) is 6.19. The third-order valence-electron chi connectivity index (χ3n) is 10.1. The highest BCUT2D eigenvalue weighted by molar-refractivity contribution is 5.56. The summed E-state index contributed by atoms with van der Waals surface area (Å²) in [4.78, 5) is 0.